The van der Waals surface area contributed by atoms with E-state index in [2.05, 4.69) is 16.7 Å². The Labute approximate surface area is 158 Å². The number of hydrogen-bond acceptors (Lipinski definition) is 4. The lowest BCUT2D eigenvalue weighted by Crippen LogP contribution is -2.23. The van der Waals surface area contributed by atoms with Crippen LogP contribution in [-0.2, 0) is 17.8 Å². The first kappa shape index (κ1) is 18.3. The van der Waals surface area contributed by atoms with Gasteiger partial charge in [0.15, 0.2) is 0 Å². The molecule has 0 unspecified atom stereocenters. The molecule has 2 aromatic rings. The number of ether oxygens (including phenoxy) is 1. The molecule has 0 saturated carbocycles. The van der Waals surface area contributed by atoms with Gasteiger partial charge in [0, 0.05) is 32.8 Å². The van der Waals surface area contributed by atoms with Crippen LogP contribution in [0.25, 0.3) is 11.1 Å². The second-order valence-electron chi connectivity index (χ2n) is 6.53. The summed E-state index contributed by atoms with van der Waals surface area (Å²) in [6, 6.07) is 8.80. The summed E-state index contributed by atoms with van der Waals surface area (Å²) >= 11 is 0. The number of pyridine rings is 1. The van der Waals surface area contributed by atoms with Gasteiger partial charge in [-0.1, -0.05) is 12.1 Å². The Morgan fingerprint density at radius 3 is 2.68 bits per heavy atom. The average Bonchev–Trinajstić information content (AvgIpc) is 3.09. The highest BCUT2D eigenvalue weighted by Gasteiger charge is 2.19. The standard InChI is InChI=1S/C19H22FN3O.BrH/c20-15-3-1-14(2-4-15)16-9-19(23-18-12-21-11-17(16)18)22-10-13-5-7-24-8-6-13;/h1-4,9,13,21H,5-8,10-12H2,(H,22,23);1H. The molecular weight excluding hydrogens is 385 g/mol. The van der Waals surface area contributed by atoms with Crippen LogP contribution >= 0.6 is 17.0 Å². The third kappa shape index (κ3) is 4.19. The van der Waals surface area contributed by atoms with Crippen LogP contribution in [0.15, 0.2) is 30.3 Å². The zero-order chi connectivity index (χ0) is 16.4. The molecule has 0 aliphatic carbocycles. The number of nitrogens with one attached hydrogen (secondary N) is 2. The molecule has 2 aliphatic rings. The van der Waals surface area contributed by atoms with E-state index in [-0.39, 0.29) is 22.8 Å². The first-order valence-electron chi connectivity index (χ1n) is 8.60. The van der Waals surface area contributed by atoms with Gasteiger partial charge in [0.25, 0.3) is 0 Å². The van der Waals surface area contributed by atoms with Gasteiger partial charge in [-0.2, -0.15) is 0 Å². The molecule has 4 rings (SSSR count). The number of fused-ring (bicyclic) bond motifs is 1. The molecule has 134 valence electrons. The highest BCUT2D eigenvalue weighted by atomic mass is 79.9. The van der Waals surface area contributed by atoms with E-state index in [1.54, 1.807) is 0 Å². The molecule has 0 spiro atoms. The molecule has 2 N–H and O–H groups in total. The summed E-state index contributed by atoms with van der Waals surface area (Å²) in [5, 5.41) is 6.86. The molecule has 0 atom stereocenters. The fourth-order valence-electron chi connectivity index (χ4n) is 3.45. The van der Waals surface area contributed by atoms with E-state index >= 15 is 0 Å². The summed E-state index contributed by atoms with van der Waals surface area (Å²) in [6.45, 7) is 4.24. The Kier molecular flexibility index (Phi) is 6.04. The van der Waals surface area contributed by atoms with Crippen molar-refractivity contribution in [2.45, 2.75) is 25.9 Å². The maximum absolute atomic E-state index is 13.2. The molecule has 3 heterocycles. The van der Waals surface area contributed by atoms with Crippen LogP contribution < -0.4 is 10.6 Å². The molecule has 0 amide bonds. The van der Waals surface area contributed by atoms with Gasteiger partial charge >= 0.3 is 0 Å². The third-order valence-electron chi connectivity index (χ3n) is 4.87. The van der Waals surface area contributed by atoms with Crippen molar-refractivity contribution in [1.82, 2.24) is 10.3 Å². The van der Waals surface area contributed by atoms with Gasteiger partial charge in [-0.3, -0.25) is 0 Å². The van der Waals surface area contributed by atoms with Gasteiger partial charge in [-0.15, -0.1) is 17.0 Å². The summed E-state index contributed by atoms with van der Waals surface area (Å²) in [5.41, 5.74) is 4.48. The summed E-state index contributed by atoms with van der Waals surface area (Å²) in [6.07, 6.45) is 2.20. The Morgan fingerprint density at radius 1 is 1.16 bits per heavy atom. The van der Waals surface area contributed by atoms with Crippen molar-refractivity contribution in [3.63, 3.8) is 0 Å². The maximum Gasteiger partial charge on any atom is 0.126 e. The Hall–Kier alpha value is -1.50. The SMILES string of the molecule is Br.Fc1ccc(-c2cc(NCC3CCOCC3)nc3c2CNC3)cc1. The number of halogens is 2. The van der Waals surface area contributed by atoms with Crippen molar-refractivity contribution in [2.24, 2.45) is 5.92 Å². The van der Waals surface area contributed by atoms with Crippen molar-refractivity contribution in [3.05, 3.63) is 47.4 Å². The maximum atomic E-state index is 13.2. The number of hydrogen-bond donors (Lipinski definition) is 2. The zero-order valence-corrected chi connectivity index (χ0v) is 15.8. The van der Waals surface area contributed by atoms with E-state index in [1.165, 1.54) is 17.7 Å². The molecule has 1 aromatic carbocycles. The van der Waals surface area contributed by atoms with Gasteiger partial charge in [-0.05, 0) is 53.6 Å². The minimum Gasteiger partial charge on any atom is -0.381 e. The van der Waals surface area contributed by atoms with Gasteiger partial charge in [0.2, 0.25) is 0 Å². The average molecular weight is 408 g/mol. The predicted molar refractivity (Wildman–Crippen MR) is 103 cm³/mol. The Morgan fingerprint density at radius 2 is 1.92 bits per heavy atom. The van der Waals surface area contributed by atoms with Crippen LogP contribution in [0, 0.1) is 11.7 Å². The summed E-state index contributed by atoms with van der Waals surface area (Å²) < 4.78 is 18.7. The second-order valence-corrected chi connectivity index (χ2v) is 6.53. The molecule has 1 saturated heterocycles. The van der Waals surface area contributed by atoms with Crippen molar-refractivity contribution in [2.75, 3.05) is 25.1 Å². The number of rotatable bonds is 4. The quantitative estimate of drug-likeness (QED) is 0.806. The van der Waals surface area contributed by atoms with Crippen LogP contribution in [0.1, 0.15) is 24.1 Å². The first-order valence-corrected chi connectivity index (χ1v) is 8.60. The monoisotopic (exact) mass is 407 g/mol. The summed E-state index contributed by atoms with van der Waals surface area (Å²) in [4.78, 5) is 4.76. The minimum absolute atomic E-state index is 0. The summed E-state index contributed by atoms with van der Waals surface area (Å²) in [7, 11) is 0. The smallest absolute Gasteiger partial charge is 0.126 e. The third-order valence-corrected chi connectivity index (χ3v) is 4.87. The molecule has 0 bridgehead atoms. The molecule has 6 heteroatoms. The van der Waals surface area contributed by atoms with Gasteiger partial charge in [-0.25, -0.2) is 9.37 Å². The van der Waals surface area contributed by atoms with E-state index in [4.69, 9.17) is 9.72 Å². The lowest BCUT2D eigenvalue weighted by molar-refractivity contribution is 0.0699. The lowest BCUT2D eigenvalue weighted by Gasteiger charge is -2.22. The van der Waals surface area contributed by atoms with Crippen molar-refractivity contribution in [3.8, 4) is 11.1 Å². The summed E-state index contributed by atoms with van der Waals surface area (Å²) in [5.74, 6) is 1.34. The van der Waals surface area contributed by atoms with Crippen molar-refractivity contribution in [1.29, 1.82) is 0 Å². The molecular formula is C19H23BrFN3O. The van der Waals surface area contributed by atoms with Crippen molar-refractivity contribution >= 4 is 22.8 Å². The fourth-order valence-corrected chi connectivity index (χ4v) is 3.45. The minimum atomic E-state index is -0.208. The lowest BCUT2D eigenvalue weighted by atomic mass is 9.99. The molecule has 1 fully saturated rings. The Balaban J connectivity index is 0.00000182. The fraction of sp³-hybridized carbons (Fsp3) is 0.421. The van der Waals surface area contributed by atoms with E-state index in [1.807, 2.05) is 12.1 Å². The van der Waals surface area contributed by atoms with Gasteiger partial charge < -0.3 is 15.4 Å². The van der Waals surface area contributed by atoms with Crippen molar-refractivity contribution < 1.29 is 9.13 Å². The first-order chi connectivity index (χ1) is 11.8. The van der Waals surface area contributed by atoms with Gasteiger partial charge in [0.05, 0.1) is 5.69 Å². The molecule has 1 aromatic heterocycles. The van der Waals surface area contributed by atoms with Crippen LogP contribution in [-0.4, -0.2) is 24.7 Å². The topological polar surface area (TPSA) is 46.2 Å². The van der Waals surface area contributed by atoms with E-state index < -0.39 is 0 Å². The second kappa shape index (κ2) is 8.25. The number of aromatic nitrogens is 1. The predicted octanol–water partition coefficient (Wildman–Crippen LogP) is 3.91. The molecule has 25 heavy (non-hydrogen) atoms. The normalized spacial score (nSPS) is 17.0. The zero-order valence-electron chi connectivity index (χ0n) is 14.1. The van der Waals surface area contributed by atoms with Crippen LogP contribution in [0.4, 0.5) is 10.2 Å². The number of anilines is 1. The van der Waals surface area contributed by atoms with E-state index in [0.29, 0.717) is 5.92 Å². The van der Waals surface area contributed by atoms with Gasteiger partial charge in [0.1, 0.15) is 11.6 Å². The highest BCUT2D eigenvalue weighted by Crippen LogP contribution is 2.31. The Bertz CT molecular complexity index is 717. The molecule has 2 aliphatic heterocycles. The largest absolute Gasteiger partial charge is 0.381 e. The van der Waals surface area contributed by atoms with Crippen LogP contribution in [0.5, 0.6) is 0 Å². The molecule has 4 nitrogen and oxygen atoms in total. The van der Waals surface area contributed by atoms with E-state index in [0.717, 1.165) is 68.3 Å². The molecule has 0 radical (unpaired) electrons. The van der Waals surface area contributed by atoms with Crippen LogP contribution in [0.2, 0.25) is 0 Å². The number of nitrogens with zero attached hydrogens (tertiary/aromatic N) is 1. The number of benzene rings is 1. The van der Waals surface area contributed by atoms with E-state index in [9.17, 15) is 4.39 Å². The highest BCUT2D eigenvalue weighted by molar-refractivity contribution is 8.93. The van der Waals surface area contributed by atoms with Crippen LogP contribution in [0.3, 0.4) is 0 Å².